The maximum absolute atomic E-state index is 9.92. The zero-order valence-electron chi connectivity index (χ0n) is 11.6. The molecule has 0 aromatic heterocycles. The fourth-order valence-corrected chi connectivity index (χ4v) is 2.80. The predicted octanol–water partition coefficient (Wildman–Crippen LogP) is 1.96. The first kappa shape index (κ1) is 13.4. The van der Waals surface area contributed by atoms with Gasteiger partial charge in [-0.1, -0.05) is 17.7 Å². The first-order chi connectivity index (χ1) is 8.61. The molecule has 2 rings (SSSR count). The number of methoxy groups -OCH3 is 1. The average molecular weight is 249 g/mol. The van der Waals surface area contributed by atoms with Crippen molar-refractivity contribution >= 4 is 0 Å². The molecule has 0 aliphatic carbocycles. The third-order valence-corrected chi connectivity index (χ3v) is 4.17. The molecule has 1 aliphatic rings. The lowest BCUT2D eigenvalue weighted by atomic mass is 9.72. The second kappa shape index (κ2) is 5.29. The summed E-state index contributed by atoms with van der Waals surface area (Å²) in [5, 5.41) is 9.92. The van der Waals surface area contributed by atoms with E-state index in [4.69, 9.17) is 4.74 Å². The first-order valence-electron chi connectivity index (χ1n) is 6.56. The van der Waals surface area contributed by atoms with Gasteiger partial charge in [-0.2, -0.15) is 0 Å². The van der Waals surface area contributed by atoms with Gasteiger partial charge in [0.2, 0.25) is 0 Å². The van der Waals surface area contributed by atoms with E-state index in [-0.39, 0.29) is 12.0 Å². The van der Waals surface area contributed by atoms with E-state index in [1.54, 1.807) is 7.11 Å². The zero-order valence-corrected chi connectivity index (χ0v) is 11.6. The molecule has 1 aliphatic heterocycles. The van der Waals surface area contributed by atoms with E-state index in [0.717, 1.165) is 31.7 Å². The Hall–Kier alpha value is -1.06. The molecule has 18 heavy (non-hydrogen) atoms. The van der Waals surface area contributed by atoms with Gasteiger partial charge in [0.15, 0.2) is 0 Å². The fraction of sp³-hybridized carbons (Fsp3) is 0.600. The third-order valence-electron chi connectivity index (χ3n) is 4.17. The molecule has 0 atom stereocenters. The topological polar surface area (TPSA) is 32.7 Å². The molecular weight excluding hydrogens is 226 g/mol. The van der Waals surface area contributed by atoms with Crippen molar-refractivity contribution in [3.8, 4) is 5.75 Å². The Kier molecular flexibility index (Phi) is 3.93. The van der Waals surface area contributed by atoms with Crippen LogP contribution in [0.4, 0.5) is 0 Å². The van der Waals surface area contributed by atoms with Crippen molar-refractivity contribution < 1.29 is 9.84 Å². The number of aliphatic hydroxyl groups excluding tert-OH is 1. The Morgan fingerprint density at radius 3 is 2.56 bits per heavy atom. The van der Waals surface area contributed by atoms with Crippen molar-refractivity contribution in [2.45, 2.75) is 25.2 Å². The second-order valence-electron chi connectivity index (χ2n) is 5.45. The maximum atomic E-state index is 9.92. The number of ether oxygens (including phenoxy) is 1. The molecule has 3 nitrogen and oxygen atoms in total. The van der Waals surface area contributed by atoms with E-state index < -0.39 is 0 Å². The van der Waals surface area contributed by atoms with Crippen molar-refractivity contribution in [1.82, 2.24) is 4.90 Å². The molecule has 1 heterocycles. The van der Waals surface area contributed by atoms with Crippen molar-refractivity contribution in [2.75, 3.05) is 33.9 Å². The number of likely N-dealkylation sites (tertiary alicyclic amines) is 1. The molecule has 0 bridgehead atoms. The number of aryl methyl sites for hydroxylation is 1. The zero-order chi connectivity index (χ0) is 13.2. The molecule has 1 saturated heterocycles. The van der Waals surface area contributed by atoms with Gasteiger partial charge in [0.1, 0.15) is 5.75 Å². The number of benzene rings is 1. The van der Waals surface area contributed by atoms with Crippen LogP contribution in [0, 0.1) is 6.92 Å². The minimum atomic E-state index is -0.135. The standard InChI is InChI=1S/C15H23NO2/c1-12-4-5-14(18-3)13(10-12)15(11-17)6-8-16(2)9-7-15/h4-5,10,17H,6-9,11H2,1-3H3. The van der Waals surface area contributed by atoms with Gasteiger partial charge in [0, 0.05) is 11.0 Å². The summed E-state index contributed by atoms with van der Waals surface area (Å²) in [7, 11) is 3.84. The van der Waals surface area contributed by atoms with Crippen LogP contribution in [0.15, 0.2) is 18.2 Å². The summed E-state index contributed by atoms with van der Waals surface area (Å²) in [4.78, 5) is 2.32. The highest BCUT2D eigenvalue weighted by Crippen LogP contribution is 2.40. The predicted molar refractivity (Wildman–Crippen MR) is 73.2 cm³/mol. The van der Waals surface area contributed by atoms with Crippen molar-refractivity contribution in [3.63, 3.8) is 0 Å². The lowest BCUT2D eigenvalue weighted by molar-refractivity contribution is 0.112. The van der Waals surface area contributed by atoms with E-state index in [0.29, 0.717) is 0 Å². The van der Waals surface area contributed by atoms with Crippen LogP contribution in [0.5, 0.6) is 5.75 Å². The van der Waals surface area contributed by atoms with Crippen molar-refractivity contribution in [1.29, 1.82) is 0 Å². The van der Waals surface area contributed by atoms with Crippen LogP contribution in [0.2, 0.25) is 0 Å². The quantitative estimate of drug-likeness (QED) is 0.889. The maximum Gasteiger partial charge on any atom is 0.122 e. The number of hydrogen-bond donors (Lipinski definition) is 1. The molecule has 1 aromatic carbocycles. The van der Waals surface area contributed by atoms with Crippen LogP contribution >= 0.6 is 0 Å². The van der Waals surface area contributed by atoms with E-state index in [2.05, 4.69) is 31.0 Å². The number of hydrogen-bond acceptors (Lipinski definition) is 3. The Morgan fingerprint density at radius 1 is 1.33 bits per heavy atom. The van der Waals surface area contributed by atoms with Gasteiger partial charge in [-0.15, -0.1) is 0 Å². The summed E-state index contributed by atoms with van der Waals surface area (Å²) in [5.41, 5.74) is 2.25. The number of nitrogens with zero attached hydrogens (tertiary/aromatic N) is 1. The highest BCUT2D eigenvalue weighted by Gasteiger charge is 2.37. The SMILES string of the molecule is COc1ccc(C)cc1C1(CO)CCN(C)CC1. The molecule has 1 fully saturated rings. The normalized spacial score (nSPS) is 19.8. The van der Waals surface area contributed by atoms with Crippen molar-refractivity contribution in [2.24, 2.45) is 0 Å². The summed E-state index contributed by atoms with van der Waals surface area (Å²) < 4.78 is 5.48. The van der Waals surface area contributed by atoms with Gasteiger partial charge in [-0.3, -0.25) is 0 Å². The van der Waals surface area contributed by atoms with E-state index in [1.807, 2.05) is 6.07 Å². The van der Waals surface area contributed by atoms with E-state index >= 15 is 0 Å². The monoisotopic (exact) mass is 249 g/mol. The molecule has 0 unspecified atom stereocenters. The van der Waals surface area contributed by atoms with E-state index in [1.165, 1.54) is 11.1 Å². The van der Waals surface area contributed by atoms with Gasteiger partial charge in [0.05, 0.1) is 13.7 Å². The minimum absolute atomic E-state index is 0.135. The van der Waals surface area contributed by atoms with Crippen molar-refractivity contribution in [3.05, 3.63) is 29.3 Å². The smallest absolute Gasteiger partial charge is 0.122 e. The molecule has 3 heteroatoms. The van der Waals surface area contributed by atoms with Gasteiger partial charge < -0.3 is 14.7 Å². The van der Waals surface area contributed by atoms with Crippen LogP contribution in [-0.4, -0.2) is 43.9 Å². The minimum Gasteiger partial charge on any atom is -0.496 e. The van der Waals surface area contributed by atoms with Gasteiger partial charge in [-0.05, 0) is 46.0 Å². The molecule has 1 aromatic rings. The number of rotatable bonds is 3. The van der Waals surface area contributed by atoms with Crippen LogP contribution in [0.1, 0.15) is 24.0 Å². The third kappa shape index (κ3) is 2.38. The van der Waals surface area contributed by atoms with Crippen LogP contribution < -0.4 is 4.74 Å². The summed E-state index contributed by atoms with van der Waals surface area (Å²) in [6.07, 6.45) is 1.97. The average Bonchev–Trinajstić information content (AvgIpc) is 2.40. The molecule has 0 amide bonds. The van der Waals surface area contributed by atoms with Gasteiger partial charge in [0.25, 0.3) is 0 Å². The molecular formula is C15H23NO2. The van der Waals surface area contributed by atoms with Crippen LogP contribution in [0.3, 0.4) is 0 Å². The molecule has 0 spiro atoms. The van der Waals surface area contributed by atoms with Crippen LogP contribution in [0.25, 0.3) is 0 Å². The highest BCUT2D eigenvalue weighted by atomic mass is 16.5. The summed E-state index contributed by atoms with van der Waals surface area (Å²) in [5.74, 6) is 0.902. The Balaban J connectivity index is 2.40. The Morgan fingerprint density at radius 2 is 2.00 bits per heavy atom. The lowest BCUT2D eigenvalue weighted by Gasteiger charge is -2.40. The lowest BCUT2D eigenvalue weighted by Crippen LogP contribution is -2.43. The van der Waals surface area contributed by atoms with Gasteiger partial charge >= 0.3 is 0 Å². The van der Waals surface area contributed by atoms with E-state index in [9.17, 15) is 5.11 Å². The summed E-state index contributed by atoms with van der Waals surface area (Å²) in [6, 6.07) is 6.24. The number of piperidine rings is 1. The summed E-state index contributed by atoms with van der Waals surface area (Å²) >= 11 is 0. The number of aliphatic hydroxyl groups is 1. The molecule has 0 saturated carbocycles. The first-order valence-corrected chi connectivity index (χ1v) is 6.56. The highest BCUT2D eigenvalue weighted by molar-refractivity contribution is 5.43. The molecule has 0 radical (unpaired) electrons. The molecule has 1 N–H and O–H groups in total. The Bertz CT molecular complexity index is 409. The fourth-order valence-electron chi connectivity index (χ4n) is 2.80. The largest absolute Gasteiger partial charge is 0.496 e. The van der Waals surface area contributed by atoms with Gasteiger partial charge in [-0.25, -0.2) is 0 Å². The Labute approximate surface area is 109 Å². The molecule has 100 valence electrons. The van der Waals surface area contributed by atoms with Crippen LogP contribution in [-0.2, 0) is 5.41 Å². The second-order valence-corrected chi connectivity index (χ2v) is 5.45. The summed E-state index contributed by atoms with van der Waals surface area (Å²) in [6.45, 7) is 4.33.